The normalized spacial score (nSPS) is 8.11. The molecule has 0 bridgehead atoms. The van der Waals surface area contributed by atoms with Crippen molar-refractivity contribution in [3.63, 3.8) is 0 Å². The molecule has 0 fully saturated rings. The van der Waals surface area contributed by atoms with Gasteiger partial charge >= 0.3 is 5.97 Å². The molecule has 0 radical (unpaired) electrons. The first kappa shape index (κ1) is 31.6. The van der Waals surface area contributed by atoms with Gasteiger partial charge in [0.25, 0.3) is 0 Å². The summed E-state index contributed by atoms with van der Waals surface area (Å²) in [6.45, 7) is 10.3. The average molecular weight is 337 g/mol. The molecule has 118 valence electrons. The Bertz CT molecular complexity index is 127. The molecule has 0 spiro atoms. The molecule has 0 aromatic rings. The number of hydrogen-bond donors (Lipinski definition) is 3. The van der Waals surface area contributed by atoms with Crippen molar-refractivity contribution in [1.82, 2.24) is 0 Å². The number of esters is 1. The fourth-order valence-electron chi connectivity index (χ4n) is 0.0546. The van der Waals surface area contributed by atoms with Crippen LogP contribution in [0.25, 0.3) is 0 Å². The van der Waals surface area contributed by atoms with Crippen molar-refractivity contribution in [2.24, 2.45) is 0 Å². The van der Waals surface area contributed by atoms with Gasteiger partial charge in [-0.3, -0.25) is 4.79 Å². The molecule has 0 heterocycles. The summed E-state index contributed by atoms with van der Waals surface area (Å²) in [5.41, 5.74) is 0. The number of aliphatic hydroxyl groups is 3. The minimum absolute atomic E-state index is 0. The summed E-state index contributed by atoms with van der Waals surface area (Å²) in [4.78, 5) is 9.83. The van der Waals surface area contributed by atoms with E-state index < -0.39 is 5.97 Å². The summed E-state index contributed by atoms with van der Waals surface area (Å²) < 4.78 is 4.13. The van der Waals surface area contributed by atoms with Gasteiger partial charge in [-0.05, 0) is 41.5 Å². The topological polar surface area (TPSA) is 87.0 Å². The molecule has 5 nitrogen and oxygen atoms in total. The van der Waals surface area contributed by atoms with E-state index in [9.17, 15) is 4.79 Å². The van der Waals surface area contributed by atoms with Crippen molar-refractivity contribution in [2.75, 3.05) is 13.0 Å². The number of rotatable bonds is 1. The van der Waals surface area contributed by atoms with Gasteiger partial charge in [0, 0.05) is 40.0 Å². The van der Waals surface area contributed by atoms with E-state index >= 15 is 0 Å². The Hall–Kier alpha value is 0.354. The predicted molar refractivity (Wildman–Crippen MR) is 74.8 cm³/mol. The summed E-state index contributed by atoms with van der Waals surface area (Å²) in [5.74, 6) is -0.451. The van der Waals surface area contributed by atoms with Gasteiger partial charge in [-0.25, -0.2) is 0 Å². The van der Waals surface area contributed by atoms with Crippen LogP contribution in [0.5, 0.6) is 0 Å². The van der Waals surface area contributed by atoms with Crippen LogP contribution in [0, 0.1) is 0 Å². The first-order valence-corrected chi connectivity index (χ1v) is 6.21. The molecule has 0 unspecified atom stereocenters. The molecule has 0 aromatic carbocycles. The molecular weight excluding hydrogens is 307 g/mol. The molecule has 0 atom stereocenters. The van der Waals surface area contributed by atoms with Gasteiger partial charge in [-0.1, -0.05) is 0 Å². The average Bonchev–Trinajstić information content (AvgIpc) is 2.13. The minimum atomic E-state index is -0.392. The van der Waals surface area contributed by atoms with Crippen LogP contribution in [0.3, 0.4) is 0 Å². The largest absolute Gasteiger partial charge is 0.468 e. The summed E-state index contributed by atoms with van der Waals surface area (Å²) in [6, 6.07) is 0. The molecule has 0 aromatic heterocycles. The van der Waals surface area contributed by atoms with Gasteiger partial charge in [0.2, 0.25) is 0 Å². The van der Waals surface area contributed by atoms with E-state index in [1.54, 1.807) is 41.5 Å². The maximum Gasteiger partial charge on any atom is 0.320 e. The van der Waals surface area contributed by atoms with Crippen LogP contribution in [0.4, 0.5) is 0 Å². The number of aliphatic hydroxyl groups excluding tert-OH is 3. The van der Waals surface area contributed by atoms with Gasteiger partial charge in [-0.15, -0.1) is 11.6 Å². The van der Waals surface area contributed by atoms with Gasteiger partial charge in [0.1, 0.15) is 5.88 Å². The molecule has 0 saturated carbocycles. The van der Waals surface area contributed by atoms with Crippen LogP contribution in [0.2, 0.25) is 0 Å². The first-order valence-electron chi connectivity index (χ1n) is 5.68. The molecule has 0 saturated heterocycles. The fourth-order valence-corrected chi connectivity index (χ4v) is 0.164. The Morgan fingerprint density at radius 3 is 1.11 bits per heavy atom. The third-order valence-electron chi connectivity index (χ3n) is 0.337. The van der Waals surface area contributed by atoms with E-state index in [4.69, 9.17) is 26.9 Å². The molecule has 0 aliphatic carbocycles. The van der Waals surface area contributed by atoms with Crippen LogP contribution in [-0.2, 0) is 31.2 Å². The summed E-state index contributed by atoms with van der Waals surface area (Å²) in [6.07, 6.45) is -0.500. The van der Waals surface area contributed by atoms with Crippen LogP contribution in [-0.4, -0.2) is 52.6 Å². The van der Waals surface area contributed by atoms with Crippen molar-refractivity contribution in [1.29, 1.82) is 0 Å². The second-order valence-electron chi connectivity index (χ2n) is 3.99. The fraction of sp³-hybridized carbons (Fsp3) is 0.917. The summed E-state index contributed by atoms with van der Waals surface area (Å²) in [5, 5.41) is 24.2. The number of alkyl halides is 1. The van der Waals surface area contributed by atoms with Crippen molar-refractivity contribution >= 4 is 17.6 Å². The van der Waals surface area contributed by atoms with Gasteiger partial charge in [0.15, 0.2) is 0 Å². The second-order valence-corrected chi connectivity index (χ2v) is 4.26. The number of hydrogen-bond acceptors (Lipinski definition) is 5. The summed E-state index contributed by atoms with van der Waals surface area (Å²) in [7, 11) is 1.30. The number of methoxy groups -OCH3 is 1. The minimum Gasteiger partial charge on any atom is -0.468 e. The van der Waals surface area contributed by atoms with E-state index in [1.165, 1.54) is 7.11 Å². The zero-order valence-electron chi connectivity index (χ0n) is 13.0. The van der Waals surface area contributed by atoms with Gasteiger partial charge in [-0.2, -0.15) is 0 Å². The van der Waals surface area contributed by atoms with E-state index in [2.05, 4.69) is 4.74 Å². The van der Waals surface area contributed by atoms with Crippen molar-refractivity contribution < 1.29 is 46.6 Å². The Kier molecular flexibility index (Phi) is 44.7. The van der Waals surface area contributed by atoms with Crippen LogP contribution < -0.4 is 0 Å². The molecule has 7 heteroatoms. The summed E-state index contributed by atoms with van der Waals surface area (Å²) >= 11 is 4.98. The third kappa shape index (κ3) is 259. The van der Waals surface area contributed by atoms with Crippen molar-refractivity contribution in [3.8, 4) is 0 Å². The van der Waals surface area contributed by atoms with Crippen molar-refractivity contribution in [3.05, 3.63) is 0 Å². The van der Waals surface area contributed by atoms with Crippen molar-refractivity contribution in [2.45, 2.75) is 59.9 Å². The van der Waals surface area contributed by atoms with E-state index in [1.807, 2.05) is 0 Å². The second kappa shape index (κ2) is 26.8. The number of halogens is 1. The smallest absolute Gasteiger partial charge is 0.320 e. The van der Waals surface area contributed by atoms with E-state index in [-0.39, 0.29) is 45.9 Å². The van der Waals surface area contributed by atoms with Gasteiger partial charge in [0.05, 0.1) is 7.11 Å². The number of carbonyl (C=O) groups excluding carboxylic acids is 1. The maximum absolute atomic E-state index is 9.83. The number of ether oxygens (including phenoxy) is 1. The SMILES string of the molecule is CC(C)O.CC(C)O.CC(C)O.COC(=O)CCl.[Ti]. The molecule has 0 aliphatic rings. The Morgan fingerprint density at radius 1 is 0.947 bits per heavy atom. The van der Waals surface area contributed by atoms with E-state index in [0.717, 1.165) is 0 Å². The molecule has 0 rings (SSSR count). The van der Waals surface area contributed by atoms with Crippen LogP contribution in [0.1, 0.15) is 41.5 Å². The molecule has 0 aliphatic heterocycles. The molecular formula is C12H29ClO5Ti. The van der Waals surface area contributed by atoms with Crippen LogP contribution in [0.15, 0.2) is 0 Å². The third-order valence-corrected chi connectivity index (χ3v) is 0.555. The van der Waals surface area contributed by atoms with Crippen LogP contribution >= 0.6 is 11.6 Å². The predicted octanol–water partition coefficient (Wildman–Crippen LogP) is 1.56. The van der Waals surface area contributed by atoms with Gasteiger partial charge < -0.3 is 20.1 Å². The quantitative estimate of drug-likeness (QED) is 0.384. The Morgan fingerprint density at radius 2 is 1.11 bits per heavy atom. The standard InChI is InChI=1S/C3H5ClO2.3C3H8O.Ti/c1-6-3(5)2-4;3*1-3(2)4;/h2H2,1H3;3*3-4H,1-2H3;. The molecule has 3 N–H and O–H groups in total. The Balaban J connectivity index is -0.0000000459. The molecule has 0 amide bonds. The first-order chi connectivity index (χ1) is 8.00. The van der Waals surface area contributed by atoms with E-state index in [0.29, 0.717) is 0 Å². The molecule has 19 heavy (non-hydrogen) atoms. The zero-order chi connectivity index (χ0) is 15.7. The zero-order valence-corrected chi connectivity index (χ0v) is 15.3. The Labute approximate surface area is 137 Å². The maximum atomic E-state index is 9.83. The number of carbonyl (C=O) groups is 1. The monoisotopic (exact) mass is 336 g/mol.